The Kier molecular flexibility index (Phi) is 5.75. The number of ether oxygens (including phenoxy) is 1. The highest BCUT2D eigenvalue weighted by atomic mass is 79.9. The summed E-state index contributed by atoms with van der Waals surface area (Å²) in [6.45, 7) is 2.43. The van der Waals surface area contributed by atoms with Gasteiger partial charge in [-0.25, -0.2) is 0 Å². The molecule has 1 aromatic carbocycles. The van der Waals surface area contributed by atoms with Crippen molar-refractivity contribution in [3.63, 3.8) is 0 Å². The molecule has 6 nitrogen and oxygen atoms in total. The Morgan fingerprint density at radius 1 is 1.53 bits per heavy atom. The molecule has 0 unspecified atom stereocenters. The standard InChI is InChI=1S/C12H15BrN2O4/c1-3-19-12(16)6-7-14(2)11-8-9(13)4-5-10(11)15(17)18/h4-5,8H,3,6-7H2,1-2H3. The first kappa shape index (κ1) is 15.4. The minimum absolute atomic E-state index is 0.00885. The third kappa shape index (κ3) is 4.51. The van der Waals surface area contributed by atoms with Crippen molar-refractivity contribution in [3.05, 3.63) is 32.8 Å². The van der Waals surface area contributed by atoms with E-state index in [0.29, 0.717) is 18.8 Å². The van der Waals surface area contributed by atoms with Crippen LogP contribution in [-0.4, -0.2) is 31.1 Å². The van der Waals surface area contributed by atoms with Gasteiger partial charge in [0.05, 0.1) is 18.0 Å². The molecule has 0 heterocycles. The molecule has 0 atom stereocenters. The Hall–Kier alpha value is -1.63. The first-order chi connectivity index (χ1) is 8.95. The fourth-order valence-corrected chi connectivity index (χ4v) is 1.92. The second kappa shape index (κ2) is 7.08. The van der Waals surface area contributed by atoms with Crippen molar-refractivity contribution in [2.24, 2.45) is 0 Å². The first-order valence-corrected chi connectivity index (χ1v) is 6.55. The van der Waals surface area contributed by atoms with Crippen LogP contribution in [0.1, 0.15) is 13.3 Å². The number of anilines is 1. The smallest absolute Gasteiger partial charge is 0.307 e. The lowest BCUT2D eigenvalue weighted by Gasteiger charge is -2.18. The zero-order valence-electron chi connectivity index (χ0n) is 10.8. The Bertz CT molecular complexity index is 479. The third-order valence-corrected chi connectivity index (χ3v) is 3.00. The van der Waals surface area contributed by atoms with Gasteiger partial charge >= 0.3 is 5.97 Å². The van der Waals surface area contributed by atoms with Crippen molar-refractivity contribution in [2.45, 2.75) is 13.3 Å². The van der Waals surface area contributed by atoms with Crippen LogP contribution in [-0.2, 0) is 9.53 Å². The number of hydrogen-bond acceptors (Lipinski definition) is 5. The van der Waals surface area contributed by atoms with Crippen LogP contribution < -0.4 is 4.90 Å². The van der Waals surface area contributed by atoms with E-state index < -0.39 is 4.92 Å². The molecule has 0 aliphatic carbocycles. The lowest BCUT2D eigenvalue weighted by molar-refractivity contribution is -0.384. The van der Waals surface area contributed by atoms with Gasteiger partial charge in [0.25, 0.3) is 5.69 Å². The summed E-state index contributed by atoms with van der Waals surface area (Å²) in [7, 11) is 1.70. The highest BCUT2D eigenvalue weighted by molar-refractivity contribution is 9.10. The second-order valence-corrected chi connectivity index (χ2v) is 4.78. The summed E-state index contributed by atoms with van der Waals surface area (Å²) in [6, 6.07) is 4.70. The van der Waals surface area contributed by atoms with E-state index in [1.165, 1.54) is 6.07 Å². The van der Waals surface area contributed by atoms with Gasteiger partial charge in [-0.15, -0.1) is 0 Å². The minimum Gasteiger partial charge on any atom is -0.466 e. The maximum Gasteiger partial charge on any atom is 0.307 e. The first-order valence-electron chi connectivity index (χ1n) is 5.76. The molecule has 0 N–H and O–H groups in total. The second-order valence-electron chi connectivity index (χ2n) is 3.87. The summed E-state index contributed by atoms with van der Waals surface area (Å²) in [6.07, 6.45) is 0.188. The summed E-state index contributed by atoms with van der Waals surface area (Å²) in [4.78, 5) is 23.4. The molecule has 0 saturated carbocycles. The quantitative estimate of drug-likeness (QED) is 0.455. The van der Waals surface area contributed by atoms with E-state index in [0.717, 1.165) is 4.47 Å². The Morgan fingerprint density at radius 3 is 2.79 bits per heavy atom. The lowest BCUT2D eigenvalue weighted by Crippen LogP contribution is -2.22. The van der Waals surface area contributed by atoms with Crippen molar-refractivity contribution >= 4 is 33.3 Å². The van der Waals surface area contributed by atoms with E-state index in [9.17, 15) is 14.9 Å². The molecular weight excluding hydrogens is 316 g/mol. The minimum atomic E-state index is -0.442. The molecule has 1 rings (SSSR count). The summed E-state index contributed by atoms with van der Waals surface area (Å²) in [5.41, 5.74) is 0.471. The van der Waals surface area contributed by atoms with Crippen LogP contribution >= 0.6 is 15.9 Å². The van der Waals surface area contributed by atoms with Crippen LogP contribution in [0.2, 0.25) is 0 Å². The summed E-state index contributed by atoms with van der Waals surface area (Å²) in [5.74, 6) is -0.313. The van der Waals surface area contributed by atoms with Crippen LogP contribution in [0.15, 0.2) is 22.7 Å². The fourth-order valence-electron chi connectivity index (χ4n) is 1.57. The number of halogens is 1. The molecule has 0 bridgehead atoms. The van der Waals surface area contributed by atoms with E-state index >= 15 is 0 Å². The number of rotatable bonds is 6. The third-order valence-electron chi connectivity index (χ3n) is 2.50. The predicted octanol–water partition coefficient (Wildman–Crippen LogP) is 2.75. The van der Waals surface area contributed by atoms with Crippen molar-refractivity contribution in [3.8, 4) is 0 Å². The highest BCUT2D eigenvalue weighted by Gasteiger charge is 2.18. The molecule has 0 aliphatic heterocycles. The molecule has 1 aromatic rings. The van der Waals surface area contributed by atoms with E-state index in [4.69, 9.17) is 4.74 Å². The molecule has 0 fully saturated rings. The average molecular weight is 331 g/mol. The van der Waals surface area contributed by atoms with E-state index in [1.807, 2.05) is 0 Å². The number of nitrogens with zero attached hydrogens (tertiary/aromatic N) is 2. The van der Waals surface area contributed by atoms with Gasteiger partial charge in [-0.1, -0.05) is 15.9 Å². The van der Waals surface area contributed by atoms with Gasteiger partial charge in [0, 0.05) is 24.1 Å². The molecule has 0 amide bonds. The number of carbonyl (C=O) groups excluding carboxylic acids is 1. The molecule has 0 saturated heterocycles. The summed E-state index contributed by atoms with van der Waals surface area (Å²) in [5, 5.41) is 11.0. The molecular formula is C12H15BrN2O4. The predicted molar refractivity (Wildman–Crippen MR) is 75.3 cm³/mol. The van der Waals surface area contributed by atoms with Crippen molar-refractivity contribution in [2.75, 3.05) is 25.1 Å². The van der Waals surface area contributed by atoms with Gasteiger partial charge in [-0.05, 0) is 19.1 Å². The Balaban J connectivity index is 2.80. The van der Waals surface area contributed by atoms with Gasteiger partial charge in [-0.2, -0.15) is 0 Å². The largest absolute Gasteiger partial charge is 0.466 e. The summed E-state index contributed by atoms with van der Waals surface area (Å²) >= 11 is 3.28. The van der Waals surface area contributed by atoms with Crippen LogP contribution in [0.5, 0.6) is 0 Å². The zero-order valence-corrected chi connectivity index (χ0v) is 12.3. The fraction of sp³-hybridized carbons (Fsp3) is 0.417. The lowest BCUT2D eigenvalue weighted by atomic mass is 10.2. The maximum absolute atomic E-state index is 11.3. The average Bonchev–Trinajstić information content (AvgIpc) is 2.35. The van der Waals surface area contributed by atoms with Crippen LogP contribution in [0, 0.1) is 10.1 Å². The number of nitro groups is 1. The monoisotopic (exact) mass is 330 g/mol. The number of benzene rings is 1. The van der Waals surface area contributed by atoms with E-state index in [2.05, 4.69) is 15.9 Å². The van der Waals surface area contributed by atoms with Gasteiger partial charge < -0.3 is 9.64 Å². The maximum atomic E-state index is 11.3. The SMILES string of the molecule is CCOC(=O)CCN(C)c1cc(Br)ccc1[N+](=O)[O-]. The number of esters is 1. The van der Waals surface area contributed by atoms with Crippen molar-refractivity contribution in [1.82, 2.24) is 0 Å². The topological polar surface area (TPSA) is 72.7 Å². The van der Waals surface area contributed by atoms with E-state index in [-0.39, 0.29) is 18.1 Å². The summed E-state index contributed by atoms with van der Waals surface area (Å²) < 4.78 is 5.57. The van der Waals surface area contributed by atoms with Gasteiger partial charge in [0.1, 0.15) is 5.69 Å². The van der Waals surface area contributed by atoms with Crippen LogP contribution in [0.4, 0.5) is 11.4 Å². The molecule has 0 radical (unpaired) electrons. The molecule has 0 spiro atoms. The number of carbonyl (C=O) groups is 1. The highest BCUT2D eigenvalue weighted by Crippen LogP contribution is 2.30. The normalized spacial score (nSPS) is 10.1. The molecule has 0 aliphatic rings. The number of hydrogen-bond donors (Lipinski definition) is 0. The number of nitro benzene ring substituents is 1. The van der Waals surface area contributed by atoms with Gasteiger partial charge in [0.2, 0.25) is 0 Å². The zero-order chi connectivity index (χ0) is 14.4. The van der Waals surface area contributed by atoms with Crippen molar-refractivity contribution < 1.29 is 14.5 Å². The Labute approximate surface area is 119 Å². The Morgan fingerprint density at radius 2 is 2.21 bits per heavy atom. The molecule has 104 valence electrons. The van der Waals surface area contributed by atoms with E-state index in [1.54, 1.807) is 31.0 Å². The molecule has 0 aromatic heterocycles. The van der Waals surface area contributed by atoms with Crippen LogP contribution in [0.25, 0.3) is 0 Å². The van der Waals surface area contributed by atoms with Gasteiger partial charge in [0.15, 0.2) is 0 Å². The van der Waals surface area contributed by atoms with Crippen molar-refractivity contribution in [1.29, 1.82) is 0 Å². The van der Waals surface area contributed by atoms with Crippen LogP contribution in [0.3, 0.4) is 0 Å². The molecule has 7 heteroatoms. The molecule has 19 heavy (non-hydrogen) atoms. The van der Waals surface area contributed by atoms with Gasteiger partial charge in [-0.3, -0.25) is 14.9 Å².